The van der Waals surface area contributed by atoms with Crippen molar-refractivity contribution in [1.82, 2.24) is 19.5 Å². The van der Waals surface area contributed by atoms with Gasteiger partial charge in [-0.15, -0.1) is 0 Å². The lowest BCUT2D eigenvalue weighted by atomic mass is 10.1. The monoisotopic (exact) mass is 577 g/mol. The molecule has 6 rings (SSSR count). The zero-order valence-electron chi connectivity index (χ0n) is 22.8. The molecule has 0 saturated carbocycles. The SMILES string of the molecule is CCc1nn2cc(F)c(N3CCN(C(=O)[C@@H]4CCOC4)CC3)cc2c1N(C)c1nc(-c2ccc(F)cc2)c(C#N)s1. The van der Waals surface area contributed by atoms with E-state index < -0.39 is 0 Å². The number of fused-ring (bicyclic) bond motifs is 1. The summed E-state index contributed by atoms with van der Waals surface area (Å²) in [5.74, 6) is -0.716. The molecule has 1 amide bonds. The standard InChI is InChI=1S/C29H29F2N7O2S/c1-3-22-27(35(2)29-33-26(25(15-32)41-29)18-4-6-20(30)7-5-18)24-14-23(21(31)16-38(24)34-22)36-9-11-37(12-10-36)28(39)19-8-13-40-17-19/h4-7,14,16,19H,3,8-13,17H2,1-2H3/t19-/m1/s1. The van der Waals surface area contributed by atoms with Crippen LogP contribution in [0.5, 0.6) is 0 Å². The molecule has 0 bridgehead atoms. The van der Waals surface area contributed by atoms with E-state index in [1.165, 1.54) is 29.7 Å². The molecule has 2 saturated heterocycles. The molecule has 0 spiro atoms. The second-order valence-electron chi connectivity index (χ2n) is 10.2. The minimum Gasteiger partial charge on any atom is -0.381 e. The van der Waals surface area contributed by atoms with E-state index in [1.54, 1.807) is 22.7 Å². The Morgan fingerprint density at radius 1 is 1.22 bits per heavy atom. The first-order chi connectivity index (χ1) is 19.9. The Labute approximate surface area is 240 Å². The topological polar surface area (TPSA) is 90.0 Å². The number of aryl methyl sites for hydroxylation is 1. The summed E-state index contributed by atoms with van der Waals surface area (Å²) in [6.07, 6.45) is 2.74. The summed E-state index contributed by atoms with van der Waals surface area (Å²) in [5.41, 5.74) is 3.83. The predicted octanol–water partition coefficient (Wildman–Crippen LogP) is 4.62. The van der Waals surface area contributed by atoms with E-state index in [0.29, 0.717) is 78.3 Å². The molecule has 0 unspecified atom stereocenters. The van der Waals surface area contributed by atoms with Crippen LogP contribution in [0.25, 0.3) is 16.8 Å². The lowest BCUT2D eigenvalue weighted by Crippen LogP contribution is -2.50. The van der Waals surface area contributed by atoms with Gasteiger partial charge in [0, 0.05) is 45.4 Å². The number of nitriles is 1. The number of aromatic nitrogens is 3. The Bertz CT molecular complexity index is 1630. The lowest BCUT2D eigenvalue weighted by Gasteiger charge is -2.37. The van der Waals surface area contributed by atoms with Crippen LogP contribution >= 0.6 is 11.3 Å². The molecule has 2 aliphatic rings. The highest BCUT2D eigenvalue weighted by atomic mass is 32.1. The maximum Gasteiger partial charge on any atom is 0.228 e. The molecule has 0 radical (unpaired) electrons. The normalized spacial score (nSPS) is 17.3. The highest BCUT2D eigenvalue weighted by Crippen LogP contribution is 2.39. The van der Waals surface area contributed by atoms with Gasteiger partial charge in [0.1, 0.15) is 22.5 Å². The first kappa shape index (κ1) is 27.1. The van der Waals surface area contributed by atoms with Gasteiger partial charge in [0.25, 0.3) is 0 Å². The van der Waals surface area contributed by atoms with Gasteiger partial charge in [-0.3, -0.25) is 4.79 Å². The molecule has 2 aliphatic heterocycles. The van der Waals surface area contributed by atoms with Crippen LogP contribution in [-0.4, -0.2) is 71.8 Å². The minimum atomic E-state index is -0.388. The van der Waals surface area contributed by atoms with Gasteiger partial charge in [-0.05, 0) is 43.2 Å². The van der Waals surface area contributed by atoms with Crippen molar-refractivity contribution >= 4 is 39.3 Å². The number of ether oxygens (including phenoxy) is 1. The third kappa shape index (κ3) is 5.00. The number of pyridine rings is 1. The van der Waals surface area contributed by atoms with Gasteiger partial charge in [0.2, 0.25) is 5.91 Å². The third-order valence-corrected chi connectivity index (χ3v) is 8.78. The maximum absolute atomic E-state index is 15.4. The number of hydrogen-bond acceptors (Lipinski definition) is 8. The summed E-state index contributed by atoms with van der Waals surface area (Å²) in [6.45, 7) is 5.16. The molecule has 41 heavy (non-hydrogen) atoms. The van der Waals surface area contributed by atoms with E-state index >= 15 is 4.39 Å². The van der Waals surface area contributed by atoms with Crippen molar-refractivity contribution in [3.63, 3.8) is 0 Å². The van der Waals surface area contributed by atoms with E-state index in [9.17, 15) is 14.4 Å². The number of rotatable bonds is 6. The van der Waals surface area contributed by atoms with Crippen LogP contribution in [0.1, 0.15) is 23.9 Å². The number of nitrogens with zero attached hydrogens (tertiary/aromatic N) is 7. The summed E-state index contributed by atoms with van der Waals surface area (Å²) in [4.78, 5) is 23.7. The molecule has 1 aromatic carbocycles. The lowest BCUT2D eigenvalue weighted by molar-refractivity contribution is -0.135. The zero-order chi connectivity index (χ0) is 28.7. The summed E-state index contributed by atoms with van der Waals surface area (Å²) in [6, 6.07) is 9.90. The van der Waals surface area contributed by atoms with E-state index in [0.717, 1.165) is 17.8 Å². The van der Waals surface area contributed by atoms with Crippen molar-refractivity contribution in [2.24, 2.45) is 5.92 Å². The molecule has 0 N–H and O–H groups in total. The average molecular weight is 578 g/mol. The molecule has 5 heterocycles. The van der Waals surface area contributed by atoms with Gasteiger partial charge in [-0.1, -0.05) is 18.3 Å². The molecule has 0 aliphatic carbocycles. The number of amides is 1. The van der Waals surface area contributed by atoms with Gasteiger partial charge >= 0.3 is 0 Å². The van der Waals surface area contributed by atoms with Crippen LogP contribution in [-0.2, 0) is 16.0 Å². The molecule has 2 fully saturated rings. The predicted molar refractivity (Wildman–Crippen MR) is 153 cm³/mol. The summed E-state index contributed by atoms with van der Waals surface area (Å²) < 4.78 is 35.8. The summed E-state index contributed by atoms with van der Waals surface area (Å²) >= 11 is 1.23. The van der Waals surface area contributed by atoms with Crippen LogP contribution in [0, 0.1) is 28.9 Å². The van der Waals surface area contributed by atoms with Crippen molar-refractivity contribution in [1.29, 1.82) is 5.26 Å². The number of carbonyl (C=O) groups excluding carboxylic acids is 1. The van der Waals surface area contributed by atoms with E-state index in [2.05, 4.69) is 11.2 Å². The second kappa shape index (κ2) is 11.1. The van der Waals surface area contributed by atoms with Gasteiger partial charge in [0.15, 0.2) is 10.9 Å². The van der Waals surface area contributed by atoms with Gasteiger partial charge in [0.05, 0.1) is 41.3 Å². The maximum atomic E-state index is 15.4. The Morgan fingerprint density at radius 2 is 1.98 bits per heavy atom. The van der Waals surface area contributed by atoms with Gasteiger partial charge in [-0.25, -0.2) is 18.3 Å². The summed E-state index contributed by atoms with van der Waals surface area (Å²) in [7, 11) is 1.85. The molecule has 12 heteroatoms. The van der Waals surface area contributed by atoms with Crippen LogP contribution in [0.2, 0.25) is 0 Å². The molecule has 4 aromatic rings. The number of benzene rings is 1. The van der Waals surface area contributed by atoms with Crippen molar-refractivity contribution in [2.45, 2.75) is 19.8 Å². The van der Waals surface area contributed by atoms with E-state index in [-0.39, 0.29) is 23.5 Å². The van der Waals surface area contributed by atoms with Crippen molar-refractivity contribution in [2.75, 3.05) is 56.2 Å². The highest BCUT2D eigenvalue weighted by Gasteiger charge is 2.31. The first-order valence-corrected chi connectivity index (χ1v) is 14.4. The van der Waals surface area contributed by atoms with Crippen LogP contribution in [0.4, 0.5) is 25.3 Å². The molecular formula is C29H29F2N7O2S. The van der Waals surface area contributed by atoms with Crippen molar-refractivity contribution < 1.29 is 18.3 Å². The number of halogens is 2. The largest absolute Gasteiger partial charge is 0.381 e. The van der Waals surface area contributed by atoms with Crippen molar-refractivity contribution in [3.05, 3.63) is 58.7 Å². The zero-order valence-corrected chi connectivity index (χ0v) is 23.6. The Morgan fingerprint density at radius 3 is 2.63 bits per heavy atom. The van der Waals surface area contributed by atoms with Gasteiger partial charge < -0.3 is 19.4 Å². The smallest absolute Gasteiger partial charge is 0.228 e. The van der Waals surface area contributed by atoms with Crippen molar-refractivity contribution in [3.8, 4) is 17.3 Å². The molecule has 9 nitrogen and oxygen atoms in total. The molecule has 1 atom stereocenters. The fourth-order valence-corrected chi connectivity index (χ4v) is 6.37. The average Bonchev–Trinajstić information content (AvgIpc) is 3.75. The van der Waals surface area contributed by atoms with Crippen LogP contribution < -0.4 is 9.80 Å². The quantitative estimate of drug-likeness (QED) is 0.330. The minimum absolute atomic E-state index is 0.0806. The Balaban J connectivity index is 1.31. The first-order valence-electron chi connectivity index (χ1n) is 13.6. The number of anilines is 3. The number of piperazine rings is 1. The summed E-state index contributed by atoms with van der Waals surface area (Å²) in [5, 5.41) is 15.0. The van der Waals surface area contributed by atoms with Crippen LogP contribution in [0.3, 0.4) is 0 Å². The van der Waals surface area contributed by atoms with Gasteiger partial charge in [-0.2, -0.15) is 10.4 Å². The Kier molecular flexibility index (Phi) is 7.32. The molecule has 3 aromatic heterocycles. The number of carbonyl (C=O) groups is 1. The fourth-order valence-electron chi connectivity index (χ4n) is 5.52. The fraction of sp³-hybridized carbons (Fsp3) is 0.379. The van der Waals surface area contributed by atoms with E-state index in [1.807, 2.05) is 28.7 Å². The van der Waals surface area contributed by atoms with Crippen LogP contribution in [0.15, 0.2) is 36.5 Å². The highest BCUT2D eigenvalue weighted by molar-refractivity contribution is 7.16. The molecular weight excluding hydrogens is 548 g/mol. The van der Waals surface area contributed by atoms with E-state index in [4.69, 9.17) is 9.72 Å². The molecule has 212 valence electrons. The second-order valence-corrected chi connectivity index (χ2v) is 11.2. The third-order valence-electron chi connectivity index (χ3n) is 7.75. The Hall–Kier alpha value is -4.08. The number of thiazole rings is 1. The number of hydrogen-bond donors (Lipinski definition) is 0.